The summed E-state index contributed by atoms with van der Waals surface area (Å²) in [5.41, 5.74) is 12.2. The maximum absolute atomic E-state index is 4.45. The number of rotatable bonds is 3. The van der Waals surface area contributed by atoms with Crippen molar-refractivity contribution < 1.29 is 20.1 Å². The van der Waals surface area contributed by atoms with E-state index in [1.165, 1.54) is 16.7 Å². The zero-order chi connectivity index (χ0) is 40.4. The molecule has 6 aromatic carbocycles. The van der Waals surface area contributed by atoms with Crippen LogP contribution in [0.2, 0.25) is 0 Å². The van der Waals surface area contributed by atoms with Crippen LogP contribution in [0.4, 0.5) is 0 Å². The summed E-state index contributed by atoms with van der Waals surface area (Å²) in [6.07, 6.45) is 0. The van der Waals surface area contributed by atoms with Crippen molar-refractivity contribution in [3.8, 4) is 17.1 Å². The fourth-order valence-electron chi connectivity index (χ4n) is 5.93. The molecule has 0 fully saturated rings. The third-order valence-corrected chi connectivity index (χ3v) is 9.49. The van der Waals surface area contributed by atoms with Crippen molar-refractivity contribution in [3.63, 3.8) is 0 Å². The Morgan fingerprint density at radius 2 is 0.534 bits per heavy atom. The van der Waals surface area contributed by atoms with E-state index in [0.29, 0.717) is 0 Å². The molecule has 9 aromatic rings. The maximum Gasteiger partial charge on any atom is 3.00 e. The first-order valence-corrected chi connectivity index (χ1v) is 19.2. The second-order valence-corrected chi connectivity index (χ2v) is 17.1. The summed E-state index contributed by atoms with van der Waals surface area (Å²) >= 11 is 0. The zero-order valence-electron chi connectivity index (χ0n) is 34.5. The Bertz CT molecular complexity index is 2320. The first-order chi connectivity index (χ1) is 27.1. The average Bonchev–Trinajstić information content (AvgIpc) is 3.95. The average molecular weight is 943 g/mol. The molecule has 0 amide bonds. The SMILES string of the molecule is CC(C)(C)c1c[c-]c(-n2nc3ccccc3n2)cc1.CC(C)(C)c1c[c-]c(-n2nc3ccccc3n2)cc1.CC(C)(C)c1c[c-]c(-n2nc3ccccc3n2)cc1.[Ir+3]. The molecular weight excluding hydrogens is 895 g/mol. The van der Waals surface area contributed by atoms with Crippen LogP contribution in [0.5, 0.6) is 0 Å². The minimum absolute atomic E-state index is 0. The van der Waals surface area contributed by atoms with Gasteiger partial charge < -0.3 is 0 Å². The van der Waals surface area contributed by atoms with Crippen molar-refractivity contribution in [2.75, 3.05) is 0 Å². The molecule has 0 N–H and O–H groups in total. The molecule has 0 aliphatic heterocycles. The summed E-state index contributed by atoms with van der Waals surface area (Å²) < 4.78 is 0. The Morgan fingerprint density at radius 3 is 0.690 bits per heavy atom. The third-order valence-electron chi connectivity index (χ3n) is 9.49. The van der Waals surface area contributed by atoms with E-state index in [4.69, 9.17) is 0 Å². The van der Waals surface area contributed by atoms with E-state index in [2.05, 4.69) is 129 Å². The van der Waals surface area contributed by atoms with Crippen LogP contribution < -0.4 is 0 Å². The third kappa shape index (κ3) is 9.81. The maximum atomic E-state index is 4.45. The van der Waals surface area contributed by atoms with Crippen LogP contribution in [0.15, 0.2) is 127 Å². The van der Waals surface area contributed by atoms with E-state index in [-0.39, 0.29) is 36.4 Å². The van der Waals surface area contributed by atoms with Crippen LogP contribution in [0.3, 0.4) is 0 Å². The van der Waals surface area contributed by atoms with Crippen molar-refractivity contribution >= 4 is 33.1 Å². The summed E-state index contributed by atoms with van der Waals surface area (Å²) in [5, 5.41) is 26.7. The predicted molar refractivity (Wildman–Crippen MR) is 229 cm³/mol. The van der Waals surface area contributed by atoms with Crippen LogP contribution >= 0.6 is 0 Å². The minimum atomic E-state index is 0. The molecule has 294 valence electrons. The first kappa shape index (κ1) is 41.8. The Balaban J connectivity index is 0.000000145. The zero-order valence-corrected chi connectivity index (χ0v) is 36.9. The van der Waals surface area contributed by atoms with Crippen LogP contribution in [0.25, 0.3) is 50.2 Å². The van der Waals surface area contributed by atoms with Crippen LogP contribution in [-0.2, 0) is 36.4 Å². The minimum Gasteiger partial charge on any atom is -0.176 e. The molecule has 0 aliphatic carbocycles. The quantitative estimate of drug-likeness (QED) is 0.164. The van der Waals surface area contributed by atoms with Crippen molar-refractivity contribution in [1.82, 2.24) is 45.0 Å². The van der Waals surface area contributed by atoms with Gasteiger partial charge in [-0.25, -0.2) is 0 Å². The van der Waals surface area contributed by atoms with Gasteiger partial charge in [0.25, 0.3) is 0 Å². The van der Waals surface area contributed by atoms with Crippen LogP contribution in [0, 0.1) is 18.2 Å². The van der Waals surface area contributed by atoms with E-state index in [1.807, 2.05) is 109 Å². The van der Waals surface area contributed by atoms with Gasteiger partial charge in [-0.1, -0.05) is 115 Å². The molecule has 0 aliphatic rings. The van der Waals surface area contributed by atoms with Gasteiger partial charge in [0.15, 0.2) is 0 Å². The van der Waals surface area contributed by atoms with Crippen molar-refractivity contribution in [3.05, 3.63) is 162 Å². The van der Waals surface area contributed by atoms with Crippen molar-refractivity contribution in [2.24, 2.45) is 0 Å². The molecule has 0 saturated carbocycles. The molecule has 3 heterocycles. The Hall–Kier alpha value is -5.83. The first-order valence-electron chi connectivity index (χ1n) is 19.2. The summed E-state index contributed by atoms with van der Waals surface area (Å²) in [5.74, 6) is 0. The smallest absolute Gasteiger partial charge is 0.176 e. The van der Waals surface area contributed by atoms with E-state index >= 15 is 0 Å². The van der Waals surface area contributed by atoms with Crippen LogP contribution in [0.1, 0.15) is 79.0 Å². The topological polar surface area (TPSA) is 92.1 Å². The Kier molecular flexibility index (Phi) is 12.2. The summed E-state index contributed by atoms with van der Waals surface area (Å²) in [7, 11) is 0. The number of benzene rings is 6. The van der Waals surface area contributed by atoms with Gasteiger partial charge in [0.2, 0.25) is 0 Å². The predicted octanol–water partition coefficient (Wildman–Crippen LogP) is 10.6. The van der Waals surface area contributed by atoms with E-state index in [9.17, 15) is 0 Å². The molecule has 10 heteroatoms. The molecule has 0 bridgehead atoms. The van der Waals surface area contributed by atoms with Gasteiger partial charge in [0, 0.05) is 0 Å². The molecule has 0 saturated heterocycles. The van der Waals surface area contributed by atoms with E-state index in [0.717, 1.165) is 50.2 Å². The summed E-state index contributed by atoms with van der Waals surface area (Å²) in [6, 6.07) is 51.8. The molecule has 0 unspecified atom stereocenters. The number of nitrogens with zero attached hydrogens (tertiary/aromatic N) is 9. The van der Waals surface area contributed by atoms with Gasteiger partial charge in [-0.3, -0.25) is 0 Å². The van der Waals surface area contributed by atoms with Crippen molar-refractivity contribution in [2.45, 2.75) is 78.6 Å². The fraction of sp³-hybridized carbons (Fsp3) is 0.250. The fourth-order valence-corrected chi connectivity index (χ4v) is 5.93. The number of aromatic nitrogens is 9. The van der Waals surface area contributed by atoms with Gasteiger partial charge >= 0.3 is 20.1 Å². The van der Waals surface area contributed by atoms with Gasteiger partial charge in [-0.2, -0.15) is 116 Å². The van der Waals surface area contributed by atoms with Gasteiger partial charge in [-0.15, -0.1) is 18.2 Å². The molecule has 3 aromatic heterocycles. The standard InChI is InChI=1S/3C16H16N3.Ir/c3*1-16(2,3)12-8-10-13(11-9-12)19-17-14-6-4-5-7-15(14)18-19;/h3*4-10H,1-3H3;/q3*-1;+3. The largest absolute Gasteiger partial charge is 3.00 e. The molecule has 9 nitrogen and oxygen atoms in total. The molecule has 0 atom stereocenters. The van der Waals surface area contributed by atoms with E-state index in [1.54, 1.807) is 14.4 Å². The summed E-state index contributed by atoms with van der Waals surface area (Å²) in [6.45, 7) is 19.7. The van der Waals surface area contributed by atoms with E-state index < -0.39 is 0 Å². The normalized spacial score (nSPS) is 11.7. The van der Waals surface area contributed by atoms with Gasteiger partial charge in [0.1, 0.15) is 33.1 Å². The molecule has 58 heavy (non-hydrogen) atoms. The number of hydrogen-bond donors (Lipinski definition) is 0. The summed E-state index contributed by atoms with van der Waals surface area (Å²) in [4.78, 5) is 4.91. The van der Waals surface area contributed by atoms with Crippen LogP contribution in [-0.4, -0.2) is 45.0 Å². The monoisotopic (exact) mass is 943 g/mol. The van der Waals surface area contributed by atoms with Crippen molar-refractivity contribution in [1.29, 1.82) is 0 Å². The van der Waals surface area contributed by atoms with Gasteiger partial charge in [0.05, 0.1) is 0 Å². The Labute approximate surface area is 354 Å². The molecule has 9 rings (SSSR count). The molecule has 0 radical (unpaired) electrons. The Morgan fingerprint density at radius 1 is 0.328 bits per heavy atom. The second-order valence-electron chi connectivity index (χ2n) is 17.1. The molecular formula is C48H48IrN9. The number of hydrogen-bond acceptors (Lipinski definition) is 6. The molecule has 0 spiro atoms. The second kappa shape index (κ2) is 16.9. The number of fused-ring (bicyclic) bond motifs is 3. The van der Waals surface area contributed by atoms with Gasteiger partial charge in [-0.05, 0) is 53.5 Å².